The number of nitrogens with one attached hydrogen (secondary N) is 1. The Morgan fingerprint density at radius 3 is 3.00 bits per heavy atom. The Balaban J connectivity index is 1.63. The number of benzene rings is 1. The van der Waals surface area contributed by atoms with Crippen molar-refractivity contribution in [1.29, 1.82) is 0 Å². The van der Waals surface area contributed by atoms with E-state index in [1.165, 1.54) is 0 Å². The van der Waals surface area contributed by atoms with E-state index in [9.17, 15) is 0 Å². The SMILES string of the molecule is Cc1cccc(CNCc2cc(Br)c3c(c2)OCO3)n1. The van der Waals surface area contributed by atoms with Crippen LogP contribution in [-0.2, 0) is 13.1 Å². The maximum atomic E-state index is 5.41. The molecule has 1 aliphatic heterocycles. The third kappa shape index (κ3) is 2.94. The van der Waals surface area contributed by atoms with Crippen LogP contribution in [0.25, 0.3) is 0 Å². The van der Waals surface area contributed by atoms with E-state index >= 15 is 0 Å². The molecule has 0 atom stereocenters. The molecule has 0 bridgehead atoms. The number of hydrogen-bond acceptors (Lipinski definition) is 4. The Morgan fingerprint density at radius 1 is 1.25 bits per heavy atom. The molecule has 20 heavy (non-hydrogen) atoms. The van der Waals surface area contributed by atoms with Crippen molar-refractivity contribution >= 4 is 15.9 Å². The van der Waals surface area contributed by atoms with Gasteiger partial charge in [-0.3, -0.25) is 4.98 Å². The Morgan fingerprint density at radius 2 is 2.15 bits per heavy atom. The molecule has 0 radical (unpaired) electrons. The molecule has 1 aromatic heterocycles. The van der Waals surface area contributed by atoms with Gasteiger partial charge < -0.3 is 14.8 Å². The van der Waals surface area contributed by atoms with Gasteiger partial charge in [-0.25, -0.2) is 0 Å². The first kappa shape index (κ1) is 13.4. The summed E-state index contributed by atoms with van der Waals surface area (Å²) >= 11 is 3.50. The normalized spacial score (nSPS) is 12.7. The number of ether oxygens (including phenoxy) is 2. The molecule has 1 aliphatic rings. The highest BCUT2D eigenvalue weighted by Crippen LogP contribution is 2.39. The Hall–Kier alpha value is -1.59. The highest BCUT2D eigenvalue weighted by molar-refractivity contribution is 9.10. The highest BCUT2D eigenvalue weighted by Gasteiger charge is 2.17. The van der Waals surface area contributed by atoms with Gasteiger partial charge in [0.2, 0.25) is 6.79 Å². The Kier molecular flexibility index (Phi) is 3.89. The minimum absolute atomic E-state index is 0.290. The lowest BCUT2D eigenvalue weighted by molar-refractivity contribution is 0.173. The molecular formula is C15H15BrN2O2. The number of fused-ring (bicyclic) bond motifs is 1. The van der Waals surface area contributed by atoms with Gasteiger partial charge in [-0.05, 0) is 52.7 Å². The van der Waals surface area contributed by atoms with E-state index < -0.39 is 0 Å². The minimum Gasteiger partial charge on any atom is -0.454 e. The number of hydrogen-bond donors (Lipinski definition) is 1. The summed E-state index contributed by atoms with van der Waals surface area (Å²) in [6.07, 6.45) is 0. The van der Waals surface area contributed by atoms with E-state index in [1.54, 1.807) is 0 Å². The Labute approximate surface area is 126 Å². The lowest BCUT2D eigenvalue weighted by Gasteiger charge is -2.07. The van der Waals surface area contributed by atoms with E-state index in [2.05, 4.69) is 26.2 Å². The molecule has 0 saturated carbocycles. The molecule has 0 saturated heterocycles. The fraction of sp³-hybridized carbons (Fsp3) is 0.267. The van der Waals surface area contributed by atoms with Crippen LogP contribution in [0.4, 0.5) is 0 Å². The highest BCUT2D eigenvalue weighted by atomic mass is 79.9. The lowest BCUT2D eigenvalue weighted by atomic mass is 10.2. The second kappa shape index (κ2) is 5.81. The molecule has 1 N–H and O–H groups in total. The molecule has 3 rings (SSSR count). The molecule has 5 heteroatoms. The molecule has 1 aromatic carbocycles. The Bertz CT molecular complexity index is 631. The van der Waals surface area contributed by atoms with Gasteiger partial charge in [-0.2, -0.15) is 0 Å². The van der Waals surface area contributed by atoms with E-state index in [0.29, 0.717) is 0 Å². The molecule has 104 valence electrons. The van der Waals surface area contributed by atoms with Crippen LogP contribution >= 0.6 is 15.9 Å². The molecule has 0 aliphatic carbocycles. The van der Waals surface area contributed by atoms with Crippen molar-refractivity contribution < 1.29 is 9.47 Å². The van der Waals surface area contributed by atoms with Crippen LogP contribution in [0.5, 0.6) is 11.5 Å². The molecule has 0 spiro atoms. The van der Waals surface area contributed by atoms with Crippen LogP contribution in [-0.4, -0.2) is 11.8 Å². The summed E-state index contributed by atoms with van der Waals surface area (Å²) in [5, 5.41) is 3.38. The zero-order valence-corrected chi connectivity index (χ0v) is 12.7. The third-order valence-corrected chi connectivity index (χ3v) is 3.66. The van der Waals surface area contributed by atoms with Crippen molar-refractivity contribution in [3.8, 4) is 11.5 Å². The van der Waals surface area contributed by atoms with Gasteiger partial charge in [0.25, 0.3) is 0 Å². The summed E-state index contributed by atoms with van der Waals surface area (Å²) in [6.45, 7) is 3.79. The molecule has 4 nitrogen and oxygen atoms in total. The fourth-order valence-corrected chi connectivity index (χ4v) is 2.76. The largest absolute Gasteiger partial charge is 0.454 e. The van der Waals surface area contributed by atoms with Crippen molar-refractivity contribution in [2.24, 2.45) is 0 Å². The van der Waals surface area contributed by atoms with Crippen LogP contribution in [0.15, 0.2) is 34.8 Å². The average molecular weight is 335 g/mol. The van der Waals surface area contributed by atoms with Crippen LogP contribution in [0.1, 0.15) is 17.0 Å². The number of nitrogens with zero attached hydrogens (tertiary/aromatic N) is 1. The zero-order valence-electron chi connectivity index (χ0n) is 11.1. The second-order valence-electron chi connectivity index (χ2n) is 4.69. The molecule has 2 aromatic rings. The van der Waals surface area contributed by atoms with E-state index in [0.717, 1.165) is 46.0 Å². The van der Waals surface area contributed by atoms with Crippen molar-refractivity contribution in [2.45, 2.75) is 20.0 Å². The third-order valence-electron chi connectivity index (χ3n) is 3.07. The summed E-state index contributed by atoms with van der Waals surface area (Å²) in [7, 11) is 0. The van der Waals surface area contributed by atoms with Gasteiger partial charge in [0.05, 0.1) is 10.2 Å². The molecule has 0 unspecified atom stereocenters. The van der Waals surface area contributed by atoms with Gasteiger partial charge >= 0.3 is 0 Å². The van der Waals surface area contributed by atoms with Crippen molar-refractivity contribution in [2.75, 3.05) is 6.79 Å². The van der Waals surface area contributed by atoms with Gasteiger partial charge in [0.1, 0.15) is 0 Å². The van der Waals surface area contributed by atoms with Gasteiger partial charge in [-0.1, -0.05) is 6.07 Å². The maximum Gasteiger partial charge on any atom is 0.231 e. The van der Waals surface area contributed by atoms with Gasteiger partial charge in [0.15, 0.2) is 11.5 Å². The van der Waals surface area contributed by atoms with Crippen LogP contribution in [0, 0.1) is 6.92 Å². The number of aryl methyl sites for hydroxylation is 1. The van der Waals surface area contributed by atoms with E-state index in [4.69, 9.17) is 9.47 Å². The molecule has 0 fully saturated rings. The van der Waals surface area contributed by atoms with Crippen LogP contribution < -0.4 is 14.8 Å². The van der Waals surface area contributed by atoms with Gasteiger partial charge in [0, 0.05) is 18.8 Å². The van der Waals surface area contributed by atoms with Crippen molar-refractivity contribution in [3.05, 3.63) is 51.8 Å². The summed E-state index contributed by atoms with van der Waals surface area (Å²) < 4.78 is 11.7. The zero-order chi connectivity index (χ0) is 13.9. The summed E-state index contributed by atoms with van der Waals surface area (Å²) in [4.78, 5) is 4.46. The summed E-state index contributed by atoms with van der Waals surface area (Å²) in [6, 6.07) is 10.1. The fourth-order valence-electron chi connectivity index (χ4n) is 2.16. The second-order valence-corrected chi connectivity index (χ2v) is 5.54. The van der Waals surface area contributed by atoms with Crippen LogP contribution in [0.3, 0.4) is 0 Å². The monoisotopic (exact) mass is 334 g/mol. The van der Waals surface area contributed by atoms with Gasteiger partial charge in [-0.15, -0.1) is 0 Å². The summed E-state index contributed by atoms with van der Waals surface area (Å²) in [5.74, 6) is 1.58. The standard InChI is InChI=1S/C15H15BrN2O2/c1-10-3-2-4-12(18-10)8-17-7-11-5-13(16)15-14(6-11)19-9-20-15/h2-6,17H,7-9H2,1H3. The predicted octanol–water partition coefficient (Wildman–Crippen LogP) is 3.17. The molecular weight excluding hydrogens is 320 g/mol. The summed E-state index contributed by atoms with van der Waals surface area (Å²) in [5.41, 5.74) is 3.23. The first-order valence-corrected chi connectivity index (χ1v) is 7.23. The van der Waals surface area contributed by atoms with Crippen LogP contribution in [0.2, 0.25) is 0 Å². The van der Waals surface area contributed by atoms with Crippen molar-refractivity contribution in [3.63, 3.8) is 0 Å². The lowest BCUT2D eigenvalue weighted by Crippen LogP contribution is -2.13. The molecule has 0 amide bonds. The van der Waals surface area contributed by atoms with E-state index in [-0.39, 0.29) is 6.79 Å². The number of halogens is 1. The topological polar surface area (TPSA) is 43.4 Å². The number of rotatable bonds is 4. The minimum atomic E-state index is 0.290. The van der Waals surface area contributed by atoms with E-state index in [1.807, 2.05) is 37.3 Å². The number of pyridine rings is 1. The number of aromatic nitrogens is 1. The predicted molar refractivity (Wildman–Crippen MR) is 79.8 cm³/mol. The first-order valence-electron chi connectivity index (χ1n) is 6.43. The maximum absolute atomic E-state index is 5.41. The quantitative estimate of drug-likeness (QED) is 0.932. The first-order chi connectivity index (χ1) is 9.72. The average Bonchev–Trinajstić information content (AvgIpc) is 2.88. The smallest absolute Gasteiger partial charge is 0.231 e. The van der Waals surface area contributed by atoms with Crippen molar-refractivity contribution in [1.82, 2.24) is 10.3 Å². The molecule has 2 heterocycles.